The quantitative estimate of drug-likeness (QED) is 0.706. The van der Waals surface area contributed by atoms with Crippen LogP contribution in [0.25, 0.3) is 0 Å². The first-order chi connectivity index (χ1) is 13.0. The van der Waals surface area contributed by atoms with Gasteiger partial charge in [0.25, 0.3) is 0 Å². The average Bonchev–Trinajstić information content (AvgIpc) is 2.86. The van der Waals surface area contributed by atoms with E-state index < -0.39 is 15.3 Å². The molecule has 0 spiro atoms. The Hall–Kier alpha value is -2.12. The molecule has 1 aromatic heterocycles. The van der Waals surface area contributed by atoms with E-state index >= 15 is 0 Å². The predicted molar refractivity (Wildman–Crippen MR) is 110 cm³/mol. The van der Waals surface area contributed by atoms with E-state index in [4.69, 9.17) is 4.74 Å². The summed E-state index contributed by atoms with van der Waals surface area (Å²) < 4.78 is 33.8. The molecule has 0 saturated carbocycles. The molecule has 0 aliphatic heterocycles. The number of carbonyl (C=O) groups excluding carboxylic acids is 1. The molecular weight excluding hydrogens is 376 g/mol. The summed E-state index contributed by atoms with van der Waals surface area (Å²) in [5, 5.41) is 2.89. The topological polar surface area (TPSA) is 77.4 Å². The fourth-order valence-corrected chi connectivity index (χ4v) is 4.66. The fourth-order valence-electron chi connectivity index (χ4n) is 2.95. The Bertz CT molecular complexity index is 939. The Labute approximate surface area is 167 Å². The van der Waals surface area contributed by atoms with Crippen LogP contribution in [-0.4, -0.2) is 32.6 Å². The van der Waals surface area contributed by atoms with Crippen LogP contribution in [-0.2, 0) is 25.9 Å². The monoisotopic (exact) mass is 406 g/mol. The first kappa shape index (κ1) is 22.2. The lowest BCUT2D eigenvalue weighted by Gasteiger charge is -2.20. The summed E-state index contributed by atoms with van der Waals surface area (Å²) >= 11 is 0. The van der Waals surface area contributed by atoms with Gasteiger partial charge in [0.2, 0.25) is 15.7 Å². The molecule has 1 heterocycles. The highest BCUT2D eigenvalue weighted by atomic mass is 32.2. The van der Waals surface area contributed by atoms with Crippen molar-refractivity contribution in [1.29, 1.82) is 0 Å². The number of hydrogen-bond donors (Lipinski definition) is 1. The first-order valence-electron chi connectivity index (χ1n) is 9.32. The second-order valence-corrected chi connectivity index (χ2v) is 9.79. The zero-order valence-electron chi connectivity index (χ0n) is 17.5. The van der Waals surface area contributed by atoms with Gasteiger partial charge in [-0.15, -0.1) is 0 Å². The number of nitrogens with zero attached hydrogens (tertiary/aromatic N) is 1. The maximum atomic E-state index is 13.4. The van der Waals surface area contributed by atoms with E-state index in [0.717, 1.165) is 5.69 Å². The molecular formula is C21H30N2O4S. The SMILES string of the molecule is COCCCn1c(C)c(C)c(S(=O)(=O)c2ccccc2)c1NC(=O)C(C)(C)C. The van der Waals surface area contributed by atoms with Crippen molar-refractivity contribution in [2.45, 2.75) is 57.4 Å². The van der Waals surface area contributed by atoms with Crippen molar-refractivity contribution in [2.75, 3.05) is 19.0 Å². The Morgan fingerprint density at radius 1 is 1.14 bits per heavy atom. The van der Waals surface area contributed by atoms with Gasteiger partial charge in [-0.3, -0.25) is 4.79 Å². The molecule has 6 nitrogen and oxygen atoms in total. The maximum absolute atomic E-state index is 13.4. The van der Waals surface area contributed by atoms with Crippen molar-refractivity contribution in [3.05, 3.63) is 41.6 Å². The largest absolute Gasteiger partial charge is 0.385 e. The molecule has 0 aliphatic carbocycles. The predicted octanol–water partition coefficient (Wildman–Crippen LogP) is 3.96. The minimum atomic E-state index is -3.79. The summed E-state index contributed by atoms with van der Waals surface area (Å²) in [4.78, 5) is 13.1. The molecule has 0 atom stereocenters. The third kappa shape index (κ3) is 4.47. The minimum absolute atomic E-state index is 0.159. The van der Waals surface area contributed by atoms with Gasteiger partial charge < -0.3 is 14.6 Å². The molecule has 2 rings (SSSR count). The summed E-state index contributed by atoms with van der Waals surface area (Å²) in [6, 6.07) is 8.30. The Kier molecular flexibility index (Phi) is 6.72. The lowest BCUT2D eigenvalue weighted by Crippen LogP contribution is -2.29. The number of nitrogens with one attached hydrogen (secondary N) is 1. The molecule has 1 amide bonds. The number of anilines is 1. The average molecular weight is 407 g/mol. The molecule has 1 aromatic carbocycles. The molecule has 1 N–H and O–H groups in total. The second kappa shape index (κ2) is 8.49. The normalized spacial score (nSPS) is 12.2. The van der Waals surface area contributed by atoms with Gasteiger partial charge in [0.15, 0.2) is 0 Å². The van der Waals surface area contributed by atoms with Crippen molar-refractivity contribution in [3.63, 3.8) is 0 Å². The van der Waals surface area contributed by atoms with Gasteiger partial charge in [-0.05, 0) is 38.0 Å². The number of rotatable bonds is 7. The van der Waals surface area contributed by atoms with E-state index in [2.05, 4.69) is 5.32 Å². The zero-order chi connectivity index (χ0) is 21.1. The summed E-state index contributed by atoms with van der Waals surface area (Å²) in [5.41, 5.74) is 0.803. The van der Waals surface area contributed by atoms with Crippen molar-refractivity contribution >= 4 is 21.6 Å². The zero-order valence-corrected chi connectivity index (χ0v) is 18.3. The number of amides is 1. The highest BCUT2D eigenvalue weighted by Crippen LogP contribution is 2.36. The van der Waals surface area contributed by atoms with Gasteiger partial charge in [-0.25, -0.2) is 8.42 Å². The van der Waals surface area contributed by atoms with Crippen LogP contribution in [0, 0.1) is 19.3 Å². The molecule has 0 aliphatic rings. The Morgan fingerprint density at radius 2 is 1.75 bits per heavy atom. The lowest BCUT2D eigenvalue weighted by atomic mass is 9.96. The summed E-state index contributed by atoms with van der Waals surface area (Å²) in [7, 11) is -2.16. The molecule has 154 valence electrons. The fraction of sp³-hybridized carbons (Fsp3) is 0.476. The van der Waals surface area contributed by atoms with E-state index in [1.165, 1.54) is 0 Å². The van der Waals surface area contributed by atoms with E-state index in [9.17, 15) is 13.2 Å². The number of ether oxygens (including phenoxy) is 1. The number of methoxy groups -OCH3 is 1. The van der Waals surface area contributed by atoms with E-state index in [0.29, 0.717) is 31.0 Å². The number of aromatic nitrogens is 1. The van der Waals surface area contributed by atoms with Crippen LogP contribution >= 0.6 is 0 Å². The standard InChI is InChI=1S/C21H30N2O4S/c1-15-16(2)23(13-10-14-27-6)19(22-20(24)21(3,4)5)18(15)28(25,26)17-11-8-7-9-12-17/h7-9,11-12H,10,13-14H2,1-6H3,(H,22,24). The van der Waals surface area contributed by atoms with Crippen LogP contribution in [0.3, 0.4) is 0 Å². The smallest absolute Gasteiger partial charge is 0.230 e. The van der Waals surface area contributed by atoms with E-state index in [-0.39, 0.29) is 15.7 Å². The van der Waals surface area contributed by atoms with Gasteiger partial charge in [0.05, 0.1) is 4.90 Å². The Balaban J connectivity index is 2.67. The lowest BCUT2D eigenvalue weighted by molar-refractivity contribution is -0.123. The van der Waals surface area contributed by atoms with Crippen LogP contribution in [0.2, 0.25) is 0 Å². The van der Waals surface area contributed by atoms with Gasteiger partial charge in [0, 0.05) is 31.4 Å². The van der Waals surface area contributed by atoms with Crippen LogP contribution in [0.5, 0.6) is 0 Å². The number of sulfone groups is 1. The van der Waals surface area contributed by atoms with Crippen LogP contribution in [0.15, 0.2) is 40.1 Å². The van der Waals surface area contributed by atoms with Gasteiger partial charge in [-0.2, -0.15) is 0 Å². The molecule has 28 heavy (non-hydrogen) atoms. The van der Waals surface area contributed by atoms with Gasteiger partial charge in [0.1, 0.15) is 10.7 Å². The van der Waals surface area contributed by atoms with Crippen molar-refractivity contribution in [2.24, 2.45) is 5.41 Å². The number of carbonyl (C=O) groups is 1. The molecule has 0 fully saturated rings. The highest BCUT2D eigenvalue weighted by molar-refractivity contribution is 7.91. The van der Waals surface area contributed by atoms with Crippen LogP contribution < -0.4 is 5.32 Å². The van der Waals surface area contributed by atoms with E-state index in [1.807, 2.05) is 11.5 Å². The van der Waals surface area contributed by atoms with Crippen LogP contribution in [0.4, 0.5) is 5.82 Å². The molecule has 0 unspecified atom stereocenters. The maximum Gasteiger partial charge on any atom is 0.230 e. The molecule has 0 bridgehead atoms. The minimum Gasteiger partial charge on any atom is -0.385 e. The van der Waals surface area contributed by atoms with Gasteiger partial charge >= 0.3 is 0 Å². The van der Waals surface area contributed by atoms with Crippen LogP contribution in [0.1, 0.15) is 38.4 Å². The summed E-state index contributed by atoms with van der Waals surface area (Å²) in [6.07, 6.45) is 0.703. The molecule has 0 radical (unpaired) electrons. The Morgan fingerprint density at radius 3 is 2.29 bits per heavy atom. The number of hydrogen-bond acceptors (Lipinski definition) is 4. The summed E-state index contributed by atoms with van der Waals surface area (Å²) in [5.74, 6) is 0.0948. The third-order valence-corrected chi connectivity index (χ3v) is 6.67. The second-order valence-electron chi connectivity index (χ2n) is 7.91. The first-order valence-corrected chi connectivity index (χ1v) is 10.8. The van der Waals surface area contributed by atoms with E-state index in [1.54, 1.807) is 65.1 Å². The third-order valence-electron chi connectivity index (χ3n) is 4.74. The molecule has 7 heteroatoms. The van der Waals surface area contributed by atoms with Crippen molar-refractivity contribution in [1.82, 2.24) is 4.57 Å². The molecule has 0 saturated heterocycles. The number of benzene rings is 1. The van der Waals surface area contributed by atoms with Gasteiger partial charge in [-0.1, -0.05) is 39.0 Å². The van der Waals surface area contributed by atoms with Crippen molar-refractivity contribution in [3.8, 4) is 0 Å². The molecule has 2 aromatic rings. The summed E-state index contributed by atoms with van der Waals surface area (Å²) in [6.45, 7) is 10.1. The highest BCUT2D eigenvalue weighted by Gasteiger charge is 2.32. The van der Waals surface area contributed by atoms with Crippen molar-refractivity contribution < 1.29 is 17.9 Å².